The highest BCUT2D eigenvalue weighted by Gasteiger charge is 2.38. The summed E-state index contributed by atoms with van der Waals surface area (Å²) in [6.45, 7) is 3.58. The van der Waals surface area contributed by atoms with Crippen LogP contribution >= 0.6 is 0 Å². The van der Waals surface area contributed by atoms with Crippen molar-refractivity contribution < 1.29 is 27.4 Å². The van der Waals surface area contributed by atoms with E-state index >= 15 is 0 Å². The lowest BCUT2D eigenvalue weighted by Crippen LogP contribution is -2.59. The van der Waals surface area contributed by atoms with Gasteiger partial charge < -0.3 is 14.4 Å². The van der Waals surface area contributed by atoms with Gasteiger partial charge in [-0.05, 0) is 43.8 Å². The van der Waals surface area contributed by atoms with E-state index in [1.807, 2.05) is 19.2 Å². The minimum absolute atomic E-state index is 0.111. The Hall–Kier alpha value is -3.60. The maximum absolute atomic E-state index is 13.3. The predicted molar refractivity (Wildman–Crippen MR) is 129 cm³/mol. The van der Waals surface area contributed by atoms with Gasteiger partial charge in [-0.1, -0.05) is 6.07 Å². The molecule has 1 aromatic carbocycles. The molecule has 2 fully saturated rings. The highest BCUT2D eigenvalue weighted by molar-refractivity contribution is 5.90. The molecule has 190 valence electrons. The first-order chi connectivity index (χ1) is 17.1. The van der Waals surface area contributed by atoms with Gasteiger partial charge in [0.2, 0.25) is 5.88 Å². The van der Waals surface area contributed by atoms with Gasteiger partial charge in [0.25, 0.3) is 0 Å². The van der Waals surface area contributed by atoms with Crippen LogP contribution in [0.25, 0.3) is 11.0 Å². The molecule has 1 amide bonds. The van der Waals surface area contributed by atoms with Gasteiger partial charge >= 0.3 is 12.3 Å². The van der Waals surface area contributed by atoms with Crippen LogP contribution in [-0.4, -0.2) is 73.4 Å². The molecule has 3 aromatic rings. The Bertz CT molecular complexity index is 1300. The average molecular weight is 502 g/mol. The lowest BCUT2D eigenvalue weighted by molar-refractivity contribution is -0.138. The van der Waals surface area contributed by atoms with E-state index in [4.69, 9.17) is 9.47 Å². The van der Waals surface area contributed by atoms with E-state index in [2.05, 4.69) is 19.8 Å². The summed E-state index contributed by atoms with van der Waals surface area (Å²) in [6, 6.07) is 9.71. The molecule has 36 heavy (non-hydrogen) atoms. The Kier molecular flexibility index (Phi) is 6.11. The summed E-state index contributed by atoms with van der Waals surface area (Å²) < 4.78 is 50.7. The summed E-state index contributed by atoms with van der Waals surface area (Å²) in [5, 5.41) is 0. The van der Waals surface area contributed by atoms with Gasteiger partial charge in [0.1, 0.15) is 11.6 Å². The van der Waals surface area contributed by atoms with Crippen LogP contribution in [0.3, 0.4) is 0 Å². The molecule has 0 unspecified atom stereocenters. The Morgan fingerprint density at radius 3 is 2.67 bits per heavy atom. The van der Waals surface area contributed by atoms with Crippen molar-refractivity contribution in [2.45, 2.75) is 25.2 Å². The Balaban J connectivity index is 1.21. The molecular weight excluding hydrogens is 475 g/mol. The third-order valence-electron chi connectivity index (χ3n) is 6.78. The van der Waals surface area contributed by atoms with Gasteiger partial charge in [0, 0.05) is 43.6 Å². The van der Waals surface area contributed by atoms with Gasteiger partial charge in [-0.25, -0.2) is 9.78 Å². The number of fused-ring (bicyclic) bond motifs is 1. The summed E-state index contributed by atoms with van der Waals surface area (Å²) in [6.07, 6.45) is -3.81. The van der Waals surface area contributed by atoms with E-state index in [0.29, 0.717) is 12.4 Å². The fourth-order valence-electron chi connectivity index (χ4n) is 4.67. The maximum Gasteiger partial charge on any atom is 0.416 e. The largest absolute Gasteiger partial charge is 0.481 e. The molecule has 0 aliphatic carbocycles. The number of halogens is 3. The minimum atomic E-state index is -4.49. The summed E-state index contributed by atoms with van der Waals surface area (Å²) in [7, 11) is 3.53. The van der Waals surface area contributed by atoms with Crippen LogP contribution < -0.4 is 14.5 Å². The number of carbonyl (C=O) groups is 1. The average Bonchev–Trinajstić information content (AvgIpc) is 3.17. The molecule has 2 aliphatic rings. The number of cyclic esters (lactones) is 1. The molecule has 2 saturated heterocycles. The lowest BCUT2D eigenvalue weighted by atomic mass is 10.1. The molecule has 0 spiro atoms. The molecule has 1 atom stereocenters. The highest BCUT2D eigenvalue weighted by atomic mass is 19.4. The number of hydrogen-bond donors (Lipinski definition) is 0. The topological polar surface area (TPSA) is 71.0 Å². The van der Waals surface area contributed by atoms with Crippen molar-refractivity contribution in [2.24, 2.45) is 0 Å². The number of aryl methyl sites for hydroxylation is 1. The maximum atomic E-state index is 13.3. The molecule has 0 bridgehead atoms. The zero-order valence-corrected chi connectivity index (χ0v) is 20.1. The number of methoxy groups -OCH3 is 1. The van der Waals surface area contributed by atoms with Crippen LogP contribution in [0, 0.1) is 6.92 Å². The molecule has 0 N–H and O–H groups in total. The number of hydrogen-bond acceptors (Lipinski definition) is 7. The van der Waals surface area contributed by atoms with Crippen molar-refractivity contribution in [3.05, 3.63) is 53.7 Å². The van der Waals surface area contributed by atoms with Crippen LogP contribution in [0.15, 0.2) is 42.6 Å². The minimum Gasteiger partial charge on any atom is -0.481 e. The summed E-state index contributed by atoms with van der Waals surface area (Å²) in [5.74, 6) is 0.523. The first-order valence-corrected chi connectivity index (χ1v) is 11.5. The lowest BCUT2D eigenvalue weighted by Gasteiger charge is -2.45. The molecule has 5 rings (SSSR count). The molecule has 0 saturated carbocycles. The second-order valence-corrected chi connectivity index (χ2v) is 9.16. The SMILES string of the molecule is COc1ccc2nccc(N3CC(N(C)C[C@@H]4CN(c5ccc(C)c(C(F)(F)F)c5)C(=O)O4)C3)c2n1. The molecule has 4 heterocycles. The van der Waals surface area contributed by atoms with Gasteiger partial charge in [0.05, 0.1) is 30.4 Å². The van der Waals surface area contributed by atoms with Crippen molar-refractivity contribution in [3.8, 4) is 5.88 Å². The third-order valence-corrected chi connectivity index (χ3v) is 6.78. The van der Waals surface area contributed by atoms with Gasteiger partial charge in [-0.2, -0.15) is 13.2 Å². The number of anilines is 2. The van der Waals surface area contributed by atoms with E-state index < -0.39 is 23.9 Å². The first-order valence-electron chi connectivity index (χ1n) is 11.5. The zero-order valence-electron chi connectivity index (χ0n) is 20.1. The van der Waals surface area contributed by atoms with Crippen molar-refractivity contribution in [1.29, 1.82) is 0 Å². The number of carbonyl (C=O) groups excluding carboxylic acids is 1. The van der Waals surface area contributed by atoms with Gasteiger partial charge in [-0.15, -0.1) is 0 Å². The monoisotopic (exact) mass is 501 g/mol. The predicted octanol–water partition coefficient (Wildman–Crippen LogP) is 4.11. The highest BCUT2D eigenvalue weighted by Crippen LogP contribution is 2.35. The number of alkyl halides is 3. The van der Waals surface area contributed by atoms with Crippen molar-refractivity contribution >= 4 is 28.5 Å². The molecule has 2 aliphatic heterocycles. The quantitative estimate of drug-likeness (QED) is 0.504. The van der Waals surface area contributed by atoms with Crippen LogP contribution in [0.2, 0.25) is 0 Å². The number of nitrogens with zero attached hydrogens (tertiary/aromatic N) is 5. The number of ether oxygens (including phenoxy) is 2. The standard InChI is InChI=1S/C25H26F3N5O3/c1-15-4-5-16(10-19(15)25(26,27)28)33-14-18(36-24(33)34)13-31(2)17-11-32(12-17)21-8-9-29-20-6-7-22(35-3)30-23(20)21/h4-10,17-18H,11-14H2,1-3H3/t18-/m1/s1. The van der Waals surface area contributed by atoms with E-state index in [9.17, 15) is 18.0 Å². The summed E-state index contributed by atoms with van der Waals surface area (Å²) >= 11 is 0. The van der Waals surface area contributed by atoms with Gasteiger partial charge in [0.15, 0.2) is 0 Å². The first kappa shape index (κ1) is 24.1. The fraction of sp³-hybridized carbons (Fsp3) is 0.400. The number of pyridine rings is 2. The van der Waals surface area contributed by atoms with Crippen LogP contribution in [0.5, 0.6) is 5.88 Å². The van der Waals surface area contributed by atoms with E-state index in [-0.39, 0.29) is 23.8 Å². The van der Waals surface area contributed by atoms with Crippen molar-refractivity contribution in [3.63, 3.8) is 0 Å². The number of aromatic nitrogens is 2. The Morgan fingerprint density at radius 2 is 1.94 bits per heavy atom. The number of amides is 1. The molecule has 2 aromatic heterocycles. The van der Waals surface area contributed by atoms with Crippen molar-refractivity contribution in [1.82, 2.24) is 14.9 Å². The zero-order chi connectivity index (χ0) is 25.6. The normalized spacial score (nSPS) is 18.6. The van der Waals surface area contributed by atoms with Crippen LogP contribution in [-0.2, 0) is 10.9 Å². The van der Waals surface area contributed by atoms with E-state index in [1.165, 1.54) is 24.0 Å². The molecule has 0 radical (unpaired) electrons. The Morgan fingerprint density at radius 1 is 1.17 bits per heavy atom. The second kappa shape index (κ2) is 9.12. The fourth-order valence-corrected chi connectivity index (χ4v) is 4.67. The second-order valence-electron chi connectivity index (χ2n) is 9.16. The van der Waals surface area contributed by atoms with E-state index in [1.54, 1.807) is 19.4 Å². The van der Waals surface area contributed by atoms with E-state index in [0.717, 1.165) is 35.9 Å². The number of rotatable bonds is 6. The van der Waals surface area contributed by atoms with Crippen LogP contribution in [0.1, 0.15) is 11.1 Å². The third kappa shape index (κ3) is 4.50. The number of likely N-dealkylation sites (N-methyl/N-ethyl adjacent to an activating group) is 1. The van der Waals surface area contributed by atoms with Gasteiger partial charge in [-0.3, -0.25) is 14.8 Å². The Labute approximate surface area is 206 Å². The smallest absolute Gasteiger partial charge is 0.416 e. The summed E-state index contributed by atoms with van der Waals surface area (Å²) in [5.41, 5.74) is 2.08. The molecule has 11 heteroatoms. The molecular formula is C25H26F3N5O3. The summed E-state index contributed by atoms with van der Waals surface area (Å²) in [4.78, 5) is 27.0. The molecule has 8 nitrogen and oxygen atoms in total. The van der Waals surface area contributed by atoms with Crippen LogP contribution in [0.4, 0.5) is 29.3 Å². The number of benzene rings is 1. The van der Waals surface area contributed by atoms with Crippen molar-refractivity contribution in [2.75, 3.05) is 50.1 Å².